The van der Waals surface area contributed by atoms with E-state index in [-0.39, 0.29) is 35.5 Å². The second kappa shape index (κ2) is 10.3. The van der Waals surface area contributed by atoms with E-state index in [2.05, 4.69) is 66.5 Å². The van der Waals surface area contributed by atoms with Crippen molar-refractivity contribution < 1.29 is 4.74 Å². The van der Waals surface area contributed by atoms with E-state index in [1.165, 1.54) is 29.7 Å². The van der Waals surface area contributed by atoms with Crippen LogP contribution in [0.25, 0.3) is 0 Å². The predicted octanol–water partition coefficient (Wildman–Crippen LogP) is 3.41. The minimum absolute atomic E-state index is 0. The Morgan fingerprint density at radius 2 is 2.04 bits per heavy atom. The molecular formula is C20H35IN4O. The van der Waals surface area contributed by atoms with Gasteiger partial charge in [0.1, 0.15) is 0 Å². The molecule has 0 radical (unpaired) electrons. The average Bonchev–Trinajstić information content (AvgIpc) is 2.57. The maximum Gasteiger partial charge on any atom is 0.191 e. The van der Waals surface area contributed by atoms with Crippen LogP contribution in [0.15, 0.2) is 23.2 Å². The van der Waals surface area contributed by atoms with Crippen LogP contribution in [0.3, 0.4) is 0 Å². The van der Waals surface area contributed by atoms with Crippen molar-refractivity contribution in [2.45, 2.75) is 46.3 Å². The third-order valence-electron chi connectivity index (χ3n) is 4.88. The highest BCUT2D eigenvalue weighted by molar-refractivity contribution is 14.0. The number of ether oxygens (including phenoxy) is 1. The highest BCUT2D eigenvalue weighted by atomic mass is 127. The summed E-state index contributed by atoms with van der Waals surface area (Å²) in [7, 11) is 5.73. The summed E-state index contributed by atoms with van der Waals surface area (Å²) < 4.78 is 5.59. The maximum absolute atomic E-state index is 5.59. The molecule has 1 aromatic rings. The van der Waals surface area contributed by atoms with Gasteiger partial charge in [-0.05, 0) is 35.4 Å². The Bertz CT molecular complexity index is 598. The first-order valence-electron chi connectivity index (χ1n) is 9.15. The molecule has 1 aliphatic heterocycles. The molecule has 1 atom stereocenters. The van der Waals surface area contributed by atoms with E-state index in [9.17, 15) is 0 Å². The van der Waals surface area contributed by atoms with E-state index in [1.54, 1.807) is 14.2 Å². The van der Waals surface area contributed by atoms with Crippen LogP contribution < -0.4 is 15.5 Å². The van der Waals surface area contributed by atoms with E-state index in [0.717, 1.165) is 25.6 Å². The highest BCUT2D eigenvalue weighted by Gasteiger charge is 2.24. The zero-order valence-electron chi connectivity index (χ0n) is 17.1. The van der Waals surface area contributed by atoms with Gasteiger partial charge in [-0.1, -0.05) is 32.9 Å². The number of anilines is 1. The minimum Gasteiger partial charge on any atom is -0.379 e. The Balaban J connectivity index is 0.00000338. The molecule has 0 saturated carbocycles. The lowest BCUT2D eigenvalue weighted by Gasteiger charge is -2.30. The number of aryl methyl sites for hydroxylation is 1. The van der Waals surface area contributed by atoms with E-state index < -0.39 is 0 Å². The standard InChI is InChI=1S/C20H34N4O.HI/c1-20(2,3)18(25-6)14-23-19(21-4)22-13-15-9-10-17-16(12-15)8-7-11-24(17)5;/h9-10,12,18H,7-8,11,13-14H2,1-6H3,(H2,21,22,23);1H. The molecule has 2 rings (SSSR count). The number of halogens is 1. The third-order valence-corrected chi connectivity index (χ3v) is 4.88. The van der Waals surface area contributed by atoms with Crippen molar-refractivity contribution in [1.29, 1.82) is 0 Å². The minimum atomic E-state index is 0. The maximum atomic E-state index is 5.59. The first kappa shape index (κ1) is 23.0. The lowest BCUT2D eigenvalue weighted by atomic mass is 9.89. The lowest BCUT2D eigenvalue weighted by Crippen LogP contribution is -2.45. The van der Waals surface area contributed by atoms with Crippen LogP contribution in [0.4, 0.5) is 5.69 Å². The number of guanidine groups is 1. The van der Waals surface area contributed by atoms with Gasteiger partial charge < -0.3 is 20.3 Å². The predicted molar refractivity (Wildman–Crippen MR) is 122 cm³/mol. The molecule has 1 aromatic carbocycles. The molecular weight excluding hydrogens is 439 g/mol. The number of hydrogen-bond acceptors (Lipinski definition) is 3. The summed E-state index contributed by atoms with van der Waals surface area (Å²) in [5.41, 5.74) is 4.19. The van der Waals surface area contributed by atoms with Crippen molar-refractivity contribution in [2.75, 3.05) is 39.2 Å². The van der Waals surface area contributed by atoms with Crippen molar-refractivity contribution in [3.63, 3.8) is 0 Å². The molecule has 0 amide bonds. The van der Waals surface area contributed by atoms with E-state index in [4.69, 9.17) is 4.74 Å². The second-order valence-corrected chi connectivity index (χ2v) is 7.89. The fourth-order valence-corrected chi connectivity index (χ4v) is 3.29. The fourth-order valence-electron chi connectivity index (χ4n) is 3.29. The van der Waals surface area contributed by atoms with Gasteiger partial charge in [0, 0.05) is 46.5 Å². The van der Waals surface area contributed by atoms with Gasteiger partial charge in [-0.25, -0.2) is 0 Å². The number of methoxy groups -OCH3 is 1. The molecule has 148 valence electrons. The summed E-state index contributed by atoms with van der Waals surface area (Å²) in [5, 5.41) is 6.78. The zero-order chi connectivity index (χ0) is 18.4. The van der Waals surface area contributed by atoms with Crippen molar-refractivity contribution in [1.82, 2.24) is 10.6 Å². The summed E-state index contributed by atoms with van der Waals surface area (Å²) in [4.78, 5) is 6.66. The molecule has 0 saturated heterocycles. The van der Waals surface area contributed by atoms with E-state index in [1.807, 2.05) is 0 Å². The smallest absolute Gasteiger partial charge is 0.191 e. The van der Waals surface area contributed by atoms with E-state index in [0.29, 0.717) is 0 Å². The number of rotatable bonds is 5. The van der Waals surface area contributed by atoms with Gasteiger partial charge in [-0.3, -0.25) is 4.99 Å². The molecule has 26 heavy (non-hydrogen) atoms. The summed E-state index contributed by atoms with van der Waals surface area (Å²) in [6.45, 7) is 9.20. The molecule has 6 heteroatoms. The van der Waals surface area contributed by atoms with Gasteiger partial charge in [0.15, 0.2) is 5.96 Å². The van der Waals surface area contributed by atoms with Crippen LogP contribution in [-0.2, 0) is 17.7 Å². The largest absolute Gasteiger partial charge is 0.379 e. The molecule has 0 bridgehead atoms. The molecule has 0 aromatic heterocycles. The van der Waals surface area contributed by atoms with Gasteiger partial charge >= 0.3 is 0 Å². The summed E-state index contributed by atoms with van der Waals surface area (Å²) in [5.74, 6) is 0.807. The summed E-state index contributed by atoms with van der Waals surface area (Å²) >= 11 is 0. The molecule has 1 heterocycles. The number of nitrogens with one attached hydrogen (secondary N) is 2. The van der Waals surface area contributed by atoms with Crippen molar-refractivity contribution in [3.05, 3.63) is 29.3 Å². The average molecular weight is 474 g/mol. The lowest BCUT2D eigenvalue weighted by molar-refractivity contribution is 0.0205. The molecule has 0 fully saturated rings. The molecule has 0 aliphatic carbocycles. The fraction of sp³-hybridized carbons (Fsp3) is 0.650. The van der Waals surface area contributed by atoms with Crippen LogP contribution in [0, 0.1) is 5.41 Å². The monoisotopic (exact) mass is 474 g/mol. The number of fused-ring (bicyclic) bond motifs is 1. The van der Waals surface area contributed by atoms with Crippen molar-refractivity contribution in [3.8, 4) is 0 Å². The Morgan fingerprint density at radius 1 is 1.31 bits per heavy atom. The molecule has 5 nitrogen and oxygen atoms in total. The quantitative estimate of drug-likeness (QED) is 0.390. The van der Waals surface area contributed by atoms with E-state index >= 15 is 0 Å². The number of nitrogens with zero attached hydrogens (tertiary/aromatic N) is 2. The van der Waals surface area contributed by atoms with Crippen molar-refractivity contribution in [2.24, 2.45) is 10.4 Å². The zero-order valence-corrected chi connectivity index (χ0v) is 19.4. The summed E-state index contributed by atoms with van der Waals surface area (Å²) in [6, 6.07) is 6.76. The third kappa shape index (κ3) is 6.30. The van der Waals surface area contributed by atoms with Gasteiger partial charge in [-0.15, -0.1) is 24.0 Å². The van der Waals surface area contributed by atoms with Gasteiger partial charge in [0.2, 0.25) is 0 Å². The van der Waals surface area contributed by atoms with Gasteiger partial charge in [0.05, 0.1) is 6.10 Å². The highest BCUT2D eigenvalue weighted by Crippen LogP contribution is 2.26. The second-order valence-electron chi connectivity index (χ2n) is 7.89. The number of benzene rings is 1. The molecule has 1 unspecified atom stereocenters. The van der Waals surface area contributed by atoms with Crippen LogP contribution in [0.1, 0.15) is 38.3 Å². The van der Waals surface area contributed by atoms with Gasteiger partial charge in [-0.2, -0.15) is 0 Å². The first-order valence-corrected chi connectivity index (χ1v) is 9.15. The Kier molecular flexibility index (Phi) is 9.16. The van der Waals surface area contributed by atoms with Gasteiger partial charge in [0.25, 0.3) is 0 Å². The Labute approximate surface area is 176 Å². The normalized spacial score (nSPS) is 15.8. The van der Waals surface area contributed by atoms with Crippen molar-refractivity contribution >= 4 is 35.6 Å². The Hall–Kier alpha value is -1.02. The number of aliphatic imine (C=N–C) groups is 1. The SMILES string of the molecule is CN=C(NCc1ccc2c(c1)CCCN2C)NCC(OC)C(C)(C)C.I. The first-order chi connectivity index (χ1) is 11.8. The molecule has 2 N–H and O–H groups in total. The van der Waals surface area contributed by atoms with Crippen LogP contribution in [0.2, 0.25) is 0 Å². The van der Waals surface area contributed by atoms with Crippen LogP contribution in [-0.4, -0.2) is 46.4 Å². The summed E-state index contributed by atoms with van der Waals surface area (Å²) in [6.07, 6.45) is 2.53. The molecule has 1 aliphatic rings. The Morgan fingerprint density at radius 3 is 2.65 bits per heavy atom. The van der Waals surface area contributed by atoms with Crippen LogP contribution >= 0.6 is 24.0 Å². The topological polar surface area (TPSA) is 48.9 Å². The molecule has 0 spiro atoms. The van der Waals surface area contributed by atoms with Crippen LogP contribution in [0.5, 0.6) is 0 Å². The number of hydrogen-bond donors (Lipinski definition) is 2.